The predicted octanol–water partition coefficient (Wildman–Crippen LogP) is 3.12. The van der Waals surface area contributed by atoms with Gasteiger partial charge in [-0.05, 0) is 39.3 Å². The quantitative estimate of drug-likeness (QED) is 0.749. The van der Waals surface area contributed by atoms with Gasteiger partial charge in [-0.3, -0.25) is 4.98 Å². The van der Waals surface area contributed by atoms with Gasteiger partial charge in [0.1, 0.15) is 0 Å². The van der Waals surface area contributed by atoms with Crippen molar-refractivity contribution in [1.29, 1.82) is 0 Å². The lowest BCUT2D eigenvalue weighted by molar-refractivity contribution is 1.20. The third-order valence-corrected chi connectivity index (χ3v) is 2.11. The second kappa shape index (κ2) is 4.08. The van der Waals surface area contributed by atoms with Crippen LogP contribution in [0.15, 0.2) is 29.7 Å². The van der Waals surface area contributed by atoms with Crippen molar-refractivity contribution in [2.45, 2.75) is 27.7 Å². The van der Waals surface area contributed by atoms with Gasteiger partial charge in [0.05, 0.1) is 11.9 Å². The maximum absolute atomic E-state index is 4.07. The van der Waals surface area contributed by atoms with Crippen molar-refractivity contribution in [3.05, 3.63) is 35.3 Å². The highest BCUT2D eigenvalue weighted by Gasteiger charge is 1.97. The number of pyridine rings is 1. The lowest BCUT2D eigenvalue weighted by Gasteiger charge is -2.10. The molecule has 0 atom stereocenters. The van der Waals surface area contributed by atoms with Gasteiger partial charge in [0.25, 0.3) is 0 Å². The molecule has 13 heavy (non-hydrogen) atoms. The Morgan fingerprint density at radius 3 is 2.54 bits per heavy atom. The third kappa shape index (κ3) is 2.58. The molecule has 0 bridgehead atoms. The van der Waals surface area contributed by atoms with Gasteiger partial charge in [0.2, 0.25) is 0 Å². The van der Waals surface area contributed by atoms with Crippen molar-refractivity contribution in [3.8, 4) is 0 Å². The van der Waals surface area contributed by atoms with Gasteiger partial charge >= 0.3 is 0 Å². The first kappa shape index (κ1) is 9.78. The molecule has 0 unspecified atom stereocenters. The van der Waals surface area contributed by atoms with Crippen molar-refractivity contribution in [2.75, 3.05) is 5.32 Å². The van der Waals surface area contributed by atoms with Gasteiger partial charge in [-0.15, -0.1) is 0 Å². The summed E-state index contributed by atoms with van der Waals surface area (Å²) in [6, 6.07) is 2.00. The minimum Gasteiger partial charge on any atom is -0.358 e. The molecule has 0 aromatic carbocycles. The number of aromatic nitrogens is 1. The molecule has 0 fully saturated rings. The third-order valence-electron chi connectivity index (χ3n) is 2.11. The number of nitrogens with zero attached hydrogens (tertiary/aromatic N) is 1. The Kier molecular flexibility index (Phi) is 3.07. The molecule has 0 aliphatic heterocycles. The average Bonchev–Trinajstić information content (AvgIpc) is 2.08. The van der Waals surface area contributed by atoms with E-state index in [0.29, 0.717) is 0 Å². The zero-order valence-electron chi connectivity index (χ0n) is 8.68. The van der Waals surface area contributed by atoms with Crippen molar-refractivity contribution < 1.29 is 0 Å². The molecule has 1 N–H and O–H groups in total. The molecule has 2 nitrogen and oxygen atoms in total. The SMILES string of the molecule is CC(C)=C(C)Nc1cnccc1C. The largest absolute Gasteiger partial charge is 0.358 e. The van der Waals surface area contributed by atoms with E-state index in [-0.39, 0.29) is 0 Å². The average molecular weight is 176 g/mol. The van der Waals surface area contributed by atoms with Gasteiger partial charge in [0.15, 0.2) is 0 Å². The molecule has 1 heterocycles. The summed E-state index contributed by atoms with van der Waals surface area (Å²) in [5, 5.41) is 3.33. The fourth-order valence-corrected chi connectivity index (χ4v) is 0.922. The molecule has 2 heteroatoms. The molecule has 70 valence electrons. The van der Waals surface area contributed by atoms with Gasteiger partial charge in [-0.2, -0.15) is 0 Å². The number of hydrogen-bond donors (Lipinski definition) is 1. The van der Waals surface area contributed by atoms with E-state index in [0.717, 1.165) is 5.69 Å². The summed E-state index contributed by atoms with van der Waals surface area (Å²) in [7, 11) is 0. The Balaban J connectivity index is 2.87. The van der Waals surface area contributed by atoms with E-state index in [4.69, 9.17) is 0 Å². The molecular weight excluding hydrogens is 160 g/mol. The van der Waals surface area contributed by atoms with Crippen LogP contribution in [0.3, 0.4) is 0 Å². The normalized spacial score (nSPS) is 9.54. The van der Waals surface area contributed by atoms with Gasteiger partial charge in [-0.25, -0.2) is 0 Å². The number of allylic oxidation sites excluding steroid dienone is 2. The van der Waals surface area contributed by atoms with Crippen LogP contribution in [-0.4, -0.2) is 4.98 Å². The first-order valence-electron chi connectivity index (χ1n) is 4.43. The smallest absolute Gasteiger partial charge is 0.0597 e. The number of aryl methyl sites for hydroxylation is 1. The Labute approximate surface area is 79.7 Å². The lowest BCUT2D eigenvalue weighted by Crippen LogP contribution is -1.99. The van der Waals surface area contributed by atoms with Crippen molar-refractivity contribution in [1.82, 2.24) is 4.98 Å². The van der Waals surface area contributed by atoms with E-state index in [9.17, 15) is 0 Å². The molecule has 0 amide bonds. The molecule has 0 aliphatic rings. The predicted molar refractivity (Wildman–Crippen MR) is 56.6 cm³/mol. The van der Waals surface area contributed by atoms with Gasteiger partial charge in [-0.1, -0.05) is 5.57 Å². The van der Waals surface area contributed by atoms with Crippen LogP contribution in [0.4, 0.5) is 5.69 Å². The second-order valence-electron chi connectivity index (χ2n) is 3.44. The fraction of sp³-hybridized carbons (Fsp3) is 0.364. The Bertz CT molecular complexity index is 323. The van der Waals surface area contributed by atoms with E-state index < -0.39 is 0 Å². The molecule has 0 radical (unpaired) electrons. The van der Waals surface area contributed by atoms with Crippen LogP contribution in [0.1, 0.15) is 26.3 Å². The first-order chi connectivity index (χ1) is 6.11. The maximum atomic E-state index is 4.07. The second-order valence-corrected chi connectivity index (χ2v) is 3.44. The van der Waals surface area contributed by atoms with Crippen LogP contribution >= 0.6 is 0 Å². The Hall–Kier alpha value is -1.31. The molecule has 0 aliphatic carbocycles. The summed E-state index contributed by atoms with van der Waals surface area (Å²) in [6.45, 7) is 8.33. The summed E-state index contributed by atoms with van der Waals surface area (Å²) in [4.78, 5) is 4.07. The molecule has 0 spiro atoms. The zero-order valence-corrected chi connectivity index (χ0v) is 8.68. The van der Waals surface area contributed by atoms with E-state index in [1.165, 1.54) is 16.8 Å². The van der Waals surface area contributed by atoms with E-state index in [1.807, 2.05) is 12.3 Å². The number of rotatable bonds is 2. The van der Waals surface area contributed by atoms with E-state index in [2.05, 4.69) is 38.0 Å². The van der Waals surface area contributed by atoms with Crippen molar-refractivity contribution >= 4 is 5.69 Å². The van der Waals surface area contributed by atoms with Crippen LogP contribution < -0.4 is 5.32 Å². The maximum Gasteiger partial charge on any atom is 0.0597 e. The van der Waals surface area contributed by atoms with Crippen molar-refractivity contribution in [2.24, 2.45) is 0 Å². The minimum atomic E-state index is 1.08. The van der Waals surface area contributed by atoms with Crippen LogP contribution in [0, 0.1) is 6.92 Å². The highest BCUT2D eigenvalue weighted by Crippen LogP contribution is 2.15. The van der Waals surface area contributed by atoms with Gasteiger partial charge in [0, 0.05) is 11.9 Å². The molecule has 0 saturated heterocycles. The number of hydrogen-bond acceptors (Lipinski definition) is 2. The number of anilines is 1. The molecule has 1 aromatic rings. The zero-order chi connectivity index (χ0) is 9.84. The molecule has 1 rings (SSSR count). The van der Waals surface area contributed by atoms with Crippen LogP contribution in [0.5, 0.6) is 0 Å². The first-order valence-corrected chi connectivity index (χ1v) is 4.43. The molecule has 1 aromatic heterocycles. The summed E-state index contributed by atoms with van der Waals surface area (Å²) in [5.41, 5.74) is 4.79. The minimum absolute atomic E-state index is 1.08. The lowest BCUT2D eigenvalue weighted by atomic mass is 10.2. The highest BCUT2D eigenvalue weighted by molar-refractivity contribution is 5.52. The monoisotopic (exact) mass is 176 g/mol. The highest BCUT2D eigenvalue weighted by atomic mass is 14.9. The summed E-state index contributed by atoms with van der Waals surface area (Å²) >= 11 is 0. The van der Waals surface area contributed by atoms with Crippen molar-refractivity contribution in [3.63, 3.8) is 0 Å². The standard InChI is InChI=1S/C11H16N2/c1-8(2)10(4)13-11-7-12-6-5-9(11)3/h5-7,13H,1-4H3. The summed E-state index contributed by atoms with van der Waals surface area (Å²) in [6.07, 6.45) is 3.65. The van der Waals surface area contributed by atoms with Crippen LogP contribution in [0.25, 0.3) is 0 Å². The Morgan fingerprint density at radius 2 is 2.00 bits per heavy atom. The molecular formula is C11H16N2. The summed E-state index contributed by atoms with van der Waals surface area (Å²) in [5.74, 6) is 0. The van der Waals surface area contributed by atoms with E-state index in [1.54, 1.807) is 6.20 Å². The Morgan fingerprint density at radius 1 is 1.31 bits per heavy atom. The summed E-state index contributed by atoms with van der Waals surface area (Å²) < 4.78 is 0. The van der Waals surface area contributed by atoms with Crippen LogP contribution in [-0.2, 0) is 0 Å². The molecule has 0 saturated carbocycles. The topological polar surface area (TPSA) is 24.9 Å². The van der Waals surface area contributed by atoms with Crippen LogP contribution in [0.2, 0.25) is 0 Å². The number of nitrogens with one attached hydrogen (secondary N) is 1. The fourth-order valence-electron chi connectivity index (χ4n) is 0.922. The van der Waals surface area contributed by atoms with Gasteiger partial charge < -0.3 is 5.32 Å². The van der Waals surface area contributed by atoms with E-state index >= 15 is 0 Å².